The SMILES string of the molecule is CCN(CC)CCCN1CCO[C@@H](C)[C@@H]1C. The van der Waals surface area contributed by atoms with Crippen molar-refractivity contribution in [2.75, 3.05) is 39.3 Å². The van der Waals surface area contributed by atoms with Crippen LogP contribution >= 0.6 is 0 Å². The summed E-state index contributed by atoms with van der Waals surface area (Å²) >= 11 is 0. The number of hydrogen-bond donors (Lipinski definition) is 0. The first-order valence-electron chi connectivity index (χ1n) is 6.77. The molecule has 3 heteroatoms. The van der Waals surface area contributed by atoms with Crippen LogP contribution < -0.4 is 0 Å². The van der Waals surface area contributed by atoms with Crippen LogP contribution in [0.25, 0.3) is 0 Å². The number of hydrogen-bond acceptors (Lipinski definition) is 3. The summed E-state index contributed by atoms with van der Waals surface area (Å²) in [7, 11) is 0. The Morgan fingerprint density at radius 3 is 2.56 bits per heavy atom. The summed E-state index contributed by atoms with van der Waals surface area (Å²) in [5.74, 6) is 0. The lowest BCUT2D eigenvalue weighted by molar-refractivity contribution is -0.0558. The van der Waals surface area contributed by atoms with E-state index in [0.717, 1.165) is 13.2 Å². The summed E-state index contributed by atoms with van der Waals surface area (Å²) in [6.45, 7) is 15.7. The van der Waals surface area contributed by atoms with Gasteiger partial charge in [0, 0.05) is 12.6 Å². The second-order valence-corrected chi connectivity index (χ2v) is 4.73. The minimum Gasteiger partial charge on any atom is -0.376 e. The second-order valence-electron chi connectivity index (χ2n) is 4.73. The van der Waals surface area contributed by atoms with Gasteiger partial charge in [-0.25, -0.2) is 0 Å². The quantitative estimate of drug-likeness (QED) is 0.690. The Morgan fingerprint density at radius 2 is 1.94 bits per heavy atom. The number of morpholine rings is 1. The molecule has 0 unspecified atom stereocenters. The summed E-state index contributed by atoms with van der Waals surface area (Å²) in [5, 5.41) is 0. The summed E-state index contributed by atoms with van der Waals surface area (Å²) in [4.78, 5) is 5.06. The average Bonchev–Trinajstić information content (AvgIpc) is 2.30. The van der Waals surface area contributed by atoms with Crippen LogP contribution in [0.1, 0.15) is 34.1 Å². The Morgan fingerprint density at radius 1 is 1.25 bits per heavy atom. The van der Waals surface area contributed by atoms with Gasteiger partial charge in [0.2, 0.25) is 0 Å². The van der Waals surface area contributed by atoms with E-state index in [1.807, 2.05) is 0 Å². The van der Waals surface area contributed by atoms with Crippen LogP contribution in [0.4, 0.5) is 0 Å². The van der Waals surface area contributed by atoms with Gasteiger partial charge in [0.25, 0.3) is 0 Å². The molecule has 1 aliphatic rings. The molecule has 0 aromatic rings. The monoisotopic (exact) mass is 228 g/mol. The Balaban J connectivity index is 2.21. The number of nitrogens with zero attached hydrogens (tertiary/aromatic N) is 2. The molecule has 1 fully saturated rings. The molecule has 0 radical (unpaired) electrons. The Labute approximate surface area is 101 Å². The van der Waals surface area contributed by atoms with E-state index in [1.165, 1.54) is 32.6 Å². The molecule has 0 aliphatic carbocycles. The van der Waals surface area contributed by atoms with Gasteiger partial charge in [0.15, 0.2) is 0 Å². The van der Waals surface area contributed by atoms with Gasteiger partial charge in [-0.2, -0.15) is 0 Å². The molecule has 0 N–H and O–H groups in total. The van der Waals surface area contributed by atoms with E-state index in [-0.39, 0.29) is 0 Å². The summed E-state index contributed by atoms with van der Waals surface area (Å²) in [6.07, 6.45) is 1.67. The molecule has 0 bridgehead atoms. The zero-order valence-corrected chi connectivity index (χ0v) is 11.4. The van der Waals surface area contributed by atoms with Gasteiger partial charge in [0.1, 0.15) is 0 Å². The molecule has 16 heavy (non-hydrogen) atoms. The molecule has 0 amide bonds. The molecule has 0 aromatic carbocycles. The highest BCUT2D eigenvalue weighted by molar-refractivity contribution is 4.77. The minimum atomic E-state index is 0.391. The Hall–Kier alpha value is -0.120. The van der Waals surface area contributed by atoms with Crippen LogP contribution in [0, 0.1) is 0 Å². The van der Waals surface area contributed by atoms with Crippen LogP contribution in [0.3, 0.4) is 0 Å². The molecular weight excluding hydrogens is 200 g/mol. The molecule has 0 aromatic heterocycles. The molecule has 0 saturated carbocycles. The van der Waals surface area contributed by atoms with E-state index in [4.69, 9.17) is 4.74 Å². The number of ether oxygens (including phenoxy) is 1. The van der Waals surface area contributed by atoms with Crippen molar-refractivity contribution in [3.05, 3.63) is 0 Å². The smallest absolute Gasteiger partial charge is 0.0700 e. The minimum absolute atomic E-state index is 0.391. The predicted molar refractivity (Wildman–Crippen MR) is 68.9 cm³/mol. The first kappa shape index (κ1) is 13.9. The predicted octanol–water partition coefficient (Wildman–Crippen LogP) is 1.83. The van der Waals surface area contributed by atoms with E-state index < -0.39 is 0 Å². The van der Waals surface area contributed by atoms with Crippen LogP contribution in [0.2, 0.25) is 0 Å². The highest BCUT2D eigenvalue weighted by Crippen LogP contribution is 2.13. The highest BCUT2D eigenvalue weighted by atomic mass is 16.5. The largest absolute Gasteiger partial charge is 0.376 e. The molecule has 96 valence electrons. The lowest BCUT2D eigenvalue weighted by Gasteiger charge is -2.38. The van der Waals surface area contributed by atoms with Crippen molar-refractivity contribution in [3.63, 3.8) is 0 Å². The molecule has 1 aliphatic heterocycles. The normalized spacial score (nSPS) is 27.6. The maximum atomic E-state index is 5.64. The molecular formula is C13H28N2O. The van der Waals surface area contributed by atoms with Crippen molar-refractivity contribution < 1.29 is 4.74 Å². The molecule has 0 spiro atoms. The average molecular weight is 228 g/mol. The van der Waals surface area contributed by atoms with Crippen molar-refractivity contribution in [1.82, 2.24) is 9.80 Å². The van der Waals surface area contributed by atoms with Gasteiger partial charge in [-0.1, -0.05) is 13.8 Å². The third-order valence-electron chi connectivity index (χ3n) is 3.83. The van der Waals surface area contributed by atoms with Crippen LogP contribution in [-0.4, -0.2) is 61.3 Å². The Kier molecular flexibility index (Phi) is 6.32. The molecule has 1 rings (SSSR count). The van der Waals surface area contributed by atoms with Gasteiger partial charge in [-0.05, 0) is 46.4 Å². The summed E-state index contributed by atoms with van der Waals surface area (Å²) in [5.41, 5.74) is 0. The third kappa shape index (κ3) is 4.04. The van der Waals surface area contributed by atoms with Crippen LogP contribution in [0.15, 0.2) is 0 Å². The maximum absolute atomic E-state index is 5.64. The van der Waals surface area contributed by atoms with Crippen LogP contribution in [0.5, 0.6) is 0 Å². The van der Waals surface area contributed by atoms with E-state index in [9.17, 15) is 0 Å². The topological polar surface area (TPSA) is 15.7 Å². The summed E-state index contributed by atoms with van der Waals surface area (Å²) < 4.78 is 5.64. The summed E-state index contributed by atoms with van der Waals surface area (Å²) in [6, 6.07) is 0.574. The van der Waals surface area contributed by atoms with Crippen LogP contribution in [-0.2, 0) is 4.74 Å². The molecule has 1 saturated heterocycles. The lowest BCUT2D eigenvalue weighted by atomic mass is 10.1. The highest BCUT2D eigenvalue weighted by Gasteiger charge is 2.24. The van der Waals surface area contributed by atoms with Crippen molar-refractivity contribution in [2.45, 2.75) is 46.3 Å². The van der Waals surface area contributed by atoms with E-state index in [0.29, 0.717) is 12.1 Å². The van der Waals surface area contributed by atoms with Crippen molar-refractivity contribution in [3.8, 4) is 0 Å². The van der Waals surface area contributed by atoms with Gasteiger partial charge < -0.3 is 9.64 Å². The fourth-order valence-corrected chi connectivity index (χ4v) is 2.35. The first-order valence-corrected chi connectivity index (χ1v) is 6.77. The van der Waals surface area contributed by atoms with Gasteiger partial charge >= 0.3 is 0 Å². The fraction of sp³-hybridized carbons (Fsp3) is 1.00. The van der Waals surface area contributed by atoms with Gasteiger partial charge in [0.05, 0.1) is 12.7 Å². The third-order valence-corrected chi connectivity index (χ3v) is 3.83. The molecule has 2 atom stereocenters. The zero-order valence-electron chi connectivity index (χ0n) is 11.4. The molecule has 1 heterocycles. The standard InChI is InChI=1S/C13H28N2O/c1-5-14(6-2)8-7-9-15-10-11-16-13(4)12(15)3/h12-13H,5-11H2,1-4H3/t12-,13-/m0/s1. The maximum Gasteiger partial charge on any atom is 0.0700 e. The number of rotatable bonds is 6. The van der Waals surface area contributed by atoms with Crippen molar-refractivity contribution >= 4 is 0 Å². The lowest BCUT2D eigenvalue weighted by Crippen LogP contribution is -2.49. The zero-order chi connectivity index (χ0) is 12.0. The van der Waals surface area contributed by atoms with E-state index >= 15 is 0 Å². The van der Waals surface area contributed by atoms with Crippen molar-refractivity contribution in [2.24, 2.45) is 0 Å². The fourth-order valence-electron chi connectivity index (χ4n) is 2.35. The van der Waals surface area contributed by atoms with E-state index in [1.54, 1.807) is 0 Å². The molecule has 3 nitrogen and oxygen atoms in total. The first-order chi connectivity index (χ1) is 7.69. The second kappa shape index (κ2) is 7.25. The van der Waals surface area contributed by atoms with Gasteiger partial charge in [-0.3, -0.25) is 4.90 Å². The van der Waals surface area contributed by atoms with Crippen molar-refractivity contribution in [1.29, 1.82) is 0 Å². The Bertz CT molecular complexity index is 183. The van der Waals surface area contributed by atoms with E-state index in [2.05, 4.69) is 37.5 Å². The van der Waals surface area contributed by atoms with Gasteiger partial charge in [-0.15, -0.1) is 0 Å².